The van der Waals surface area contributed by atoms with Crippen LogP contribution in [0.5, 0.6) is 11.5 Å². The second-order valence-corrected chi connectivity index (χ2v) is 5.83. The number of hydrogen-bond donors (Lipinski definition) is 2. The lowest BCUT2D eigenvalue weighted by atomic mass is 10.1. The number of ether oxygens (including phenoxy) is 3. The van der Waals surface area contributed by atoms with Crippen LogP contribution < -0.4 is 20.3 Å². The van der Waals surface area contributed by atoms with E-state index < -0.39 is 6.09 Å². The molecule has 0 saturated carbocycles. The maximum Gasteiger partial charge on any atom is 0.407 e. The van der Waals surface area contributed by atoms with Gasteiger partial charge in [0.1, 0.15) is 6.61 Å². The lowest BCUT2D eigenvalue weighted by molar-refractivity contribution is 0.139. The van der Waals surface area contributed by atoms with Gasteiger partial charge in [0.15, 0.2) is 11.5 Å². The molecule has 2 aromatic carbocycles. The number of aromatic nitrogens is 1. The van der Waals surface area contributed by atoms with Gasteiger partial charge in [-0.1, -0.05) is 30.3 Å². The number of alkyl carbamates (subject to hydrolysis) is 1. The van der Waals surface area contributed by atoms with Crippen molar-refractivity contribution >= 4 is 17.0 Å². The Hall–Kier alpha value is -3.48. The first-order valence-electron chi connectivity index (χ1n) is 8.33. The largest absolute Gasteiger partial charge is 0.493 e. The Bertz CT molecular complexity index is 998. The number of amides is 1. The summed E-state index contributed by atoms with van der Waals surface area (Å²) in [6.45, 7) is 0.213. The minimum atomic E-state index is -0.592. The first kappa shape index (κ1) is 18.3. The summed E-state index contributed by atoms with van der Waals surface area (Å²) in [5, 5.41) is 3.35. The van der Waals surface area contributed by atoms with Crippen molar-refractivity contribution in [3.05, 3.63) is 70.0 Å². The van der Waals surface area contributed by atoms with E-state index in [2.05, 4.69) is 10.3 Å². The Morgan fingerprint density at radius 2 is 1.74 bits per heavy atom. The molecule has 0 aliphatic heterocycles. The number of carbonyl (C=O) groups excluding carboxylic acids is 1. The number of H-pyrrole nitrogens is 1. The van der Waals surface area contributed by atoms with Crippen molar-refractivity contribution in [1.29, 1.82) is 0 Å². The first-order chi connectivity index (χ1) is 13.1. The van der Waals surface area contributed by atoms with Crippen LogP contribution in [0.25, 0.3) is 10.9 Å². The highest BCUT2D eigenvalue weighted by molar-refractivity contribution is 5.83. The highest BCUT2D eigenvalue weighted by atomic mass is 16.5. The average Bonchev–Trinajstić information content (AvgIpc) is 2.70. The maximum absolute atomic E-state index is 12.3. The molecule has 1 amide bonds. The van der Waals surface area contributed by atoms with Gasteiger partial charge in [0.2, 0.25) is 0 Å². The molecule has 7 nitrogen and oxygen atoms in total. The van der Waals surface area contributed by atoms with Crippen LogP contribution in [0.3, 0.4) is 0 Å². The summed E-state index contributed by atoms with van der Waals surface area (Å²) in [4.78, 5) is 26.9. The van der Waals surface area contributed by atoms with Gasteiger partial charge in [-0.15, -0.1) is 0 Å². The van der Waals surface area contributed by atoms with Crippen LogP contribution in [0.2, 0.25) is 0 Å². The average molecular weight is 368 g/mol. The van der Waals surface area contributed by atoms with Crippen LogP contribution in [0.1, 0.15) is 11.1 Å². The fourth-order valence-electron chi connectivity index (χ4n) is 2.65. The molecule has 0 spiro atoms. The van der Waals surface area contributed by atoms with Crippen molar-refractivity contribution < 1.29 is 19.0 Å². The fourth-order valence-corrected chi connectivity index (χ4v) is 2.65. The van der Waals surface area contributed by atoms with Crippen molar-refractivity contribution in [2.75, 3.05) is 14.2 Å². The monoisotopic (exact) mass is 368 g/mol. The number of nitrogens with one attached hydrogen (secondary N) is 2. The molecule has 0 unspecified atom stereocenters. The Morgan fingerprint density at radius 1 is 1.04 bits per heavy atom. The molecule has 7 heteroatoms. The number of carbonyl (C=O) groups is 1. The normalized spacial score (nSPS) is 10.4. The predicted molar refractivity (Wildman–Crippen MR) is 101 cm³/mol. The third-order valence-electron chi connectivity index (χ3n) is 4.06. The highest BCUT2D eigenvalue weighted by Crippen LogP contribution is 2.30. The number of hydrogen-bond acceptors (Lipinski definition) is 5. The summed E-state index contributed by atoms with van der Waals surface area (Å²) in [5.41, 5.74) is 1.62. The standard InChI is InChI=1S/C20H20N2O5/c1-25-17-9-14-8-15(19(23)22-16(14)10-18(17)26-2)11-21-20(24)27-12-13-6-4-3-5-7-13/h3-10H,11-12H2,1-2H3,(H,21,24)(H,22,23). The highest BCUT2D eigenvalue weighted by Gasteiger charge is 2.10. The Labute approximate surface area is 155 Å². The van der Waals surface area contributed by atoms with E-state index >= 15 is 0 Å². The summed E-state index contributed by atoms with van der Waals surface area (Å²) in [7, 11) is 3.07. The summed E-state index contributed by atoms with van der Waals surface area (Å²) >= 11 is 0. The molecule has 0 aliphatic rings. The van der Waals surface area contributed by atoms with Gasteiger partial charge in [-0.2, -0.15) is 0 Å². The lowest BCUT2D eigenvalue weighted by Gasteiger charge is -2.10. The van der Waals surface area contributed by atoms with E-state index in [1.165, 1.54) is 7.11 Å². The second-order valence-electron chi connectivity index (χ2n) is 5.83. The van der Waals surface area contributed by atoms with Crippen LogP contribution in [-0.2, 0) is 17.9 Å². The zero-order chi connectivity index (χ0) is 19.2. The minimum Gasteiger partial charge on any atom is -0.493 e. The Morgan fingerprint density at radius 3 is 2.44 bits per heavy atom. The molecule has 140 valence electrons. The molecular weight excluding hydrogens is 348 g/mol. The van der Waals surface area contributed by atoms with E-state index in [9.17, 15) is 9.59 Å². The van der Waals surface area contributed by atoms with Crippen LogP contribution in [-0.4, -0.2) is 25.3 Å². The predicted octanol–water partition coefficient (Wildman–Crippen LogP) is 2.97. The van der Waals surface area contributed by atoms with E-state index in [4.69, 9.17) is 14.2 Å². The van der Waals surface area contributed by atoms with Crippen molar-refractivity contribution in [1.82, 2.24) is 10.3 Å². The third-order valence-corrected chi connectivity index (χ3v) is 4.06. The van der Waals surface area contributed by atoms with E-state index in [0.29, 0.717) is 22.6 Å². The maximum atomic E-state index is 12.3. The molecule has 1 heterocycles. The first-order valence-corrected chi connectivity index (χ1v) is 8.33. The number of fused-ring (bicyclic) bond motifs is 1. The van der Waals surface area contributed by atoms with Gasteiger partial charge in [-0.3, -0.25) is 4.79 Å². The Balaban J connectivity index is 1.70. The van der Waals surface area contributed by atoms with E-state index in [1.54, 1.807) is 25.3 Å². The van der Waals surface area contributed by atoms with Crippen molar-refractivity contribution in [3.8, 4) is 11.5 Å². The SMILES string of the molecule is COc1cc2cc(CNC(=O)OCc3ccccc3)c(=O)[nH]c2cc1OC. The summed E-state index contributed by atoms with van der Waals surface area (Å²) in [6.07, 6.45) is -0.592. The molecule has 0 fully saturated rings. The molecule has 1 aromatic heterocycles. The van der Waals surface area contributed by atoms with Crippen LogP contribution in [0, 0.1) is 0 Å². The van der Waals surface area contributed by atoms with Gasteiger partial charge < -0.3 is 24.5 Å². The molecule has 3 rings (SSSR count). The van der Waals surface area contributed by atoms with Gasteiger partial charge in [0, 0.05) is 17.0 Å². The fraction of sp³-hybridized carbons (Fsp3) is 0.200. The van der Waals surface area contributed by atoms with Crippen molar-refractivity contribution in [3.63, 3.8) is 0 Å². The van der Waals surface area contributed by atoms with Gasteiger partial charge in [-0.25, -0.2) is 4.79 Å². The zero-order valence-electron chi connectivity index (χ0n) is 15.1. The molecule has 3 aromatic rings. The van der Waals surface area contributed by atoms with E-state index in [-0.39, 0.29) is 18.7 Å². The number of rotatable bonds is 6. The second kappa shape index (κ2) is 8.27. The van der Waals surface area contributed by atoms with Crippen molar-refractivity contribution in [2.45, 2.75) is 13.2 Å². The van der Waals surface area contributed by atoms with Gasteiger partial charge >= 0.3 is 6.09 Å². The molecule has 27 heavy (non-hydrogen) atoms. The third kappa shape index (κ3) is 4.38. The van der Waals surface area contributed by atoms with Gasteiger partial charge in [0.25, 0.3) is 5.56 Å². The van der Waals surface area contributed by atoms with Crippen molar-refractivity contribution in [2.24, 2.45) is 0 Å². The summed E-state index contributed by atoms with van der Waals surface area (Å²) in [5.74, 6) is 1.08. The Kier molecular flexibility index (Phi) is 5.61. The lowest BCUT2D eigenvalue weighted by Crippen LogP contribution is -2.27. The summed E-state index contributed by atoms with van der Waals surface area (Å²) in [6, 6.07) is 14.5. The van der Waals surface area contributed by atoms with Crippen LogP contribution in [0.15, 0.2) is 53.3 Å². The molecule has 0 bridgehead atoms. The van der Waals surface area contributed by atoms with Gasteiger partial charge in [-0.05, 0) is 17.7 Å². The van der Waals surface area contributed by atoms with E-state index in [0.717, 1.165) is 10.9 Å². The zero-order valence-corrected chi connectivity index (χ0v) is 15.1. The molecule has 0 atom stereocenters. The number of benzene rings is 2. The van der Waals surface area contributed by atoms with E-state index in [1.807, 2.05) is 30.3 Å². The number of aromatic amines is 1. The van der Waals surface area contributed by atoms with Crippen LogP contribution >= 0.6 is 0 Å². The molecular formula is C20H20N2O5. The summed E-state index contributed by atoms with van der Waals surface area (Å²) < 4.78 is 15.7. The quantitative estimate of drug-likeness (QED) is 0.698. The number of pyridine rings is 1. The smallest absolute Gasteiger partial charge is 0.407 e. The molecule has 0 radical (unpaired) electrons. The van der Waals surface area contributed by atoms with Gasteiger partial charge in [0.05, 0.1) is 26.3 Å². The topological polar surface area (TPSA) is 89.6 Å². The molecule has 0 aliphatic carbocycles. The molecule has 2 N–H and O–H groups in total. The molecule has 0 saturated heterocycles. The minimum absolute atomic E-state index is 0.0489. The number of methoxy groups -OCH3 is 2. The van der Waals surface area contributed by atoms with Crippen LogP contribution in [0.4, 0.5) is 4.79 Å².